The van der Waals surface area contributed by atoms with Gasteiger partial charge in [0.25, 0.3) is 5.56 Å². The first kappa shape index (κ1) is 23.9. The average Bonchev–Trinajstić information content (AvgIpc) is 2.90. The number of fused-ring (bicyclic) bond motifs is 1. The normalized spacial score (nSPS) is 21.9. The summed E-state index contributed by atoms with van der Waals surface area (Å²) in [5.41, 5.74) is 0.274. The number of likely N-dealkylation sites (tertiary alicyclic amines) is 2. The van der Waals surface area contributed by atoms with Crippen molar-refractivity contribution in [3.63, 3.8) is 0 Å². The Morgan fingerprint density at radius 2 is 1.75 bits per heavy atom. The van der Waals surface area contributed by atoms with Crippen molar-refractivity contribution in [1.82, 2.24) is 24.3 Å². The zero-order valence-electron chi connectivity index (χ0n) is 19.9. The smallest absolute Gasteiger partial charge is 0.407 e. The Balaban J connectivity index is 1.28. The lowest BCUT2D eigenvalue weighted by Crippen LogP contribution is -2.53. The molecule has 2 aliphatic rings. The predicted octanol–water partition coefficient (Wildman–Crippen LogP) is 1.93. The van der Waals surface area contributed by atoms with E-state index in [0.29, 0.717) is 44.4 Å². The molecule has 0 saturated carbocycles. The zero-order valence-corrected chi connectivity index (χ0v) is 19.9. The van der Waals surface area contributed by atoms with Crippen molar-refractivity contribution in [2.45, 2.75) is 37.3 Å². The first-order valence-electron chi connectivity index (χ1n) is 12.2. The summed E-state index contributed by atoms with van der Waals surface area (Å²) in [5.74, 6) is -0.559. The second-order valence-electron chi connectivity index (χ2n) is 9.74. The van der Waals surface area contributed by atoms with Crippen LogP contribution in [0.15, 0.2) is 59.8 Å². The quantitative estimate of drug-likeness (QED) is 0.571. The van der Waals surface area contributed by atoms with Crippen molar-refractivity contribution in [2.24, 2.45) is 5.92 Å². The molecule has 0 unspecified atom stereocenters. The molecule has 0 bridgehead atoms. The number of piperidine rings is 2. The van der Waals surface area contributed by atoms with Crippen LogP contribution in [0.5, 0.6) is 0 Å². The Morgan fingerprint density at radius 3 is 2.47 bits per heavy atom. The van der Waals surface area contributed by atoms with E-state index in [0.717, 1.165) is 5.56 Å². The summed E-state index contributed by atoms with van der Waals surface area (Å²) in [6, 6.07) is 13.0. The Bertz CT molecular complexity index is 1320. The molecule has 10 nitrogen and oxygen atoms in total. The second-order valence-corrected chi connectivity index (χ2v) is 9.74. The summed E-state index contributed by atoms with van der Waals surface area (Å²) in [6.07, 6.45) is 3.11. The van der Waals surface area contributed by atoms with Crippen molar-refractivity contribution in [3.05, 3.63) is 70.9 Å². The van der Waals surface area contributed by atoms with Gasteiger partial charge in [-0.3, -0.25) is 14.2 Å². The Kier molecular flexibility index (Phi) is 6.44. The van der Waals surface area contributed by atoms with Gasteiger partial charge in [0.15, 0.2) is 5.52 Å². The van der Waals surface area contributed by atoms with Gasteiger partial charge in [-0.1, -0.05) is 30.3 Å². The molecule has 2 aliphatic heterocycles. The number of hydrogen-bond acceptors (Lipinski definition) is 6. The van der Waals surface area contributed by atoms with Gasteiger partial charge in [-0.15, -0.1) is 0 Å². The van der Waals surface area contributed by atoms with E-state index in [4.69, 9.17) is 0 Å². The minimum Gasteiger partial charge on any atom is -0.465 e. The van der Waals surface area contributed by atoms with Gasteiger partial charge < -0.3 is 20.0 Å². The third-order valence-corrected chi connectivity index (χ3v) is 7.48. The van der Waals surface area contributed by atoms with Crippen LogP contribution in [0.25, 0.3) is 11.0 Å². The summed E-state index contributed by atoms with van der Waals surface area (Å²) < 4.78 is 1.39. The van der Waals surface area contributed by atoms with Gasteiger partial charge in [0.1, 0.15) is 0 Å². The van der Waals surface area contributed by atoms with Crippen molar-refractivity contribution in [1.29, 1.82) is 0 Å². The Morgan fingerprint density at radius 1 is 1.00 bits per heavy atom. The molecule has 1 aromatic carbocycles. The number of carbonyl (C=O) groups excluding carboxylic acids is 1. The van der Waals surface area contributed by atoms with Crippen LogP contribution < -0.4 is 5.56 Å². The standard InChI is InChI=1S/C26H29N5O5/c32-23(19-8-12-30(25(34)35)15-20(19)18-5-2-1-3-6-18)29-13-9-26(36,10-14-29)16-31-17-28-21-7-4-11-27-22(21)24(31)33/h1-7,11,17,19-20,36H,8-10,12-16H2,(H,34,35)/t19-,20+/m1/s1. The number of amides is 2. The van der Waals surface area contributed by atoms with Crippen LogP contribution in [-0.2, 0) is 11.3 Å². The fourth-order valence-corrected chi connectivity index (χ4v) is 5.41. The van der Waals surface area contributed by atoms with Crippen LogP contribution in [0.4, 0.5) is 4.79 Å². The van der Waals surface area contributed by atoms with E-state index in [1.807, 2.05) is 30.3 Å². The molecule has 188 valence electrons. The largest absolute Gasteiger partial charge is 0.465 e. The SMILES string of the molecule is O=C(O)N1CC[C@@H](C(=O)N2CCC(O)(Cn3cnc4cccnc4c3=O)CC2)[C@H](c2ccccc2)C1. The highest BCUT2D eigenvalue weighted by Gasteiger charge is 2.41. The Hall–Kier alpha value is -3.79. The molecule has 2 amide bonds. The third kappa shape index (κ3) is 4.68. The van der Waals surface area contributed by atoms with E-state index in [2.05, 4.69) is 9.97 Å². The molecule has 36 heavy (non-hydrogen) atoms. The molecule has 4 heterocycles. The number of aliphatic hydroxyl groups is 1. The van der Waals surface area contributed by atoms with Gasteiger partial charge in [0, 0.05) is 44.2 Å². The minimum atomic E-state index is -1.14. The second kappa shape index (κ2) is 9.69. The summed E-state index contributed by atoms with van der Waals surface area (Å²) in [4.78, 5) is 49.5. The highest BCUT2D eigenvalue weighted by atomic mass is 16.4. The molecule has 10 heteroatoms. The summed E-state index contributed by atoms with van der Waals surface area (Å²) in [6.45, 7) is 1.41. The van der Waals surface area contributed by atoms with E-state index < -0.39 is 11.7 Å². The molecule has 2 saturated heterocycles. The van der Waals surface area contributed by atoms with E-state index in [-0.39, 0.29) is 41.9 Å². The molecule has 0 aliphatic carbocycles. The zero-order chi connectivity index (χ0) is 25.3. The highest BCUT2D eigenvalue weighted by Crippen LogP contribution is 2.35. The number of aromatic nitrogens is 3. The van der Waals surface area contributed by atoms with Crippen molar-refractivity contribution in [2.75, 3.05) is 26.2 Å². The van der Waals surface area contributed by atoms with Crippen molar-refractivity contribution >= 4 is 23.0 Å². The lowest BCUT2D eigenvalue weighted by Gasteiger charge is -2.42. The van der Waals surface area contributed by atoms with E-state index in [1.54, 1.807) is 17.0 Å². The number of hydrogen-bond donors (Lipinski definition) is 2. The predicted molar refractivity (Wildman–Crippen MR) is 131 cm³/mol. The van der Waals surface area contributed by atoms with Gasteiger partial charge in [-0.05, 0) is 37.0 Å². The molecule has 0 radical (unpaired) electrons. The molecule has 2 N–H and O–H groups in total. The van der Waals surface area contributed by atoms with Crippen molar-refractivity contribution in [3.8, 4) is 0 Å². The van der Waals surface area contributed by atoms with E-state index in [1.165, 1.54) is 22.0 Å². The minimum absolute atomic E-state index is 0.00956. The number of benzene rings is 1. The number of carboxylic acid groups (broad SMARTS) is 1. The number of pyridine rings is 1. The van der Waals surface area contributed by atoms with E-state index in [9.17, 15) is 24.6 Å². The van der Waals surface area contributed by atoms with Crippen LogP contribution >= 0.6 is 0 Å². The number of nitrogens with zero attached hydrogens (tertiary/aromatic N) is 5. The van der Waals surface area contributed by atoms with Crippen LogP contribution in [0, 0.1) is 5.92 Å². The summed E-state index contributed by atoms with van der Waals surface area (Å²) in [5, 5.41) is 20.7. The lowest BCUT2D eigenvalue weighted by atomic mass is 9.79. The summed E-state index contributed by atoms with van der Waals surface area (Å²) in [7, 11) is 0. The topological polar surface area (TPSA) is 129 Å². The number of carbonyl (C=O) groups is 2. The first-order chi connectivity index (χ1) is 17.3. The van der Waals surface area contributed by atoms with Gasteiger partial charge in [0.2, 0.25) is 5.91 Å². The molecular weight excluding hydrogens is 462 g/mol. The molecule has 3 aromatic rings. The van der Waals surface area contributed by atoms with E-state index >= 15 is 0 Å². The Labute approximate surface area is 207 Å². The maximum absolute atomic E-state index is 13.6. The fraction of sp³-hybridized carbons (Fsp3) is 0.423. The van der Waals surface area contributed by atoms with Gasteiger partial charge in [-0.2, -0.15) is 0 Å². The molecule has 2 atom stereocenters. The van der Waals surface area contributed by atoms with Gasteiger partial charge in [-0.25, -0.2) is 14.8 Å². The molecule has 2 aromatic heterocycles. The highest BCUT2D eigenvalue weighted by molar-refractivity contribution is 5.81. The van der Waals surface area contributed by atoms with Crippen LogP contribution in [0.1, 0.15) is 30.7 Å². The van der Waals surface area contributed by atoms with Crippen LogP contribution in [0.3, 0.4) is 0 Å². The van der Waals surface area contributed by atoms with Crippen molar-refractivity contribution < 1.29 is 19.8 Å². The molecular formula is C26H29N5O5. The molecule has 5 rings (SSSR count). The fourth-order valence-electron chi connectivity index (χ4n) is 5.41. The molecule has 0 spiro atoms. The van der Waals surface area contributed by atoms with Crippen LogP contribution in [-0.4, -0.2) is 78.3 Å². The van der Waals surface area contributed by atoms with Gasteiger partial charge >= 0.3 is 6.09 Å². The lowest BCUT2D eigenvalue weighted by molar-refractivity contribution is -0.142. The maximum atomic E-state index is 13.6. The molecule has 2 fully saturated rings. The van der Waals surface area contributed by atoms with Gasteiger partial charge in [0.05, 0.1) is 24.0 Å². The first-order valence-corrected chi connectivity index (χ1v) is 12.2. The summed E-state index contributed by atoms with van der Waals surface area (Å²) >= 11 is 0. The monoisotopic (exact) mass is 491 g/mol. The average molecular weight is 492 g/mol. The number of rotatable bonds is 4. The third-order valence-electron chi connectivity index (χ3n) is 7.48. The maximum Gasteiger partial charge on any atom is 0.407 e. The van der Waals surface area contributed by atoms with Crippen LogP contribution in [0.2, 0.25) is 0 Å².